The Morgan fingerprint density at radius 2 is 1.62 bits per heavy atom. The average molecular weight is 280 g/mol. The predicted molar refractivity (Wildman–Crippen MR) is 85.0 cm³/mol. The highest BCUT2D eigenvalue weighted by atomic mass is 19.1. The third kappa shape index (κ3) is 2.42. The number of hydrogen-bond donors (Lipinski definition) is 1. The van der Waals surface area contributed by atoms with Gasteiger partial charge in [-0.05, 0) is 79.6 Å². The van der Waals surface area contributed by atoms with E-state index < -0.39 is 0 Å². The summed E-state index contributed by atoms with van der Waals surface area (Å²) in [4.78, 5) is 0. The number of aromatic nitrogens is 1. The average Bonchev–Trinajstić information content (AvgIpc) is 2.85. The molecule has 1 aromatic heterocycles. The molecule has 21 heavy (non-hydrogen) atoms. The fourth-order valence-corrected chi connectivity index (χ4v) is 2.53. The second kappa shape index (κ2) is 5.09. The van der Waals surface area contributed by atoms with E-state index in [-0.39, 0.29) is 5.82 Å². The summed E-state index contributed by atoms with van der Waals surface area (Å²) in [5.74, 6) is -0.225. The number of nitrogens with zero attached hydrogens (tertiary/aromatic N) is 1. The molecule has 0 atom stereocenters. The standard InChI is InChI=1S/C18H17FN2/c1-12-11-16(8-9-17(12)20)21-13(2)3-10-18(21)14-4-6-15(19)7-5-14/h3-11H,20H2,1-2H3. The van der Waals surface area contributed by atoms with Crippen LogP contribution in [0.2, 0.25) is 0 Å². The quantitative estimate of drug-likeness (QED) is 0.689. The Balaban J connectivity index is 2.16. The van der Waals surface area contributed by atoms with Crippen molar-refractivity contribution in [2.24, 2.45) is 0 Å². The zero-order valence-electron chi connectivity index (χ0n) is 12.1. The van der Waals surface area contributed by atoms with Gasteiger partial charge in [-0.25, -0.2) is 4.39 Å². The number of nitrogens with two attached hydrogens (primary N) is 1. The minimum atomic E-state index is -0.225. The fraction of sp³-hybridized carbons (Fsp3) is 0.111. The van der Waals surface area contributed by atoms with Crippen LogP contribution in [0.25, 0.3) is 16.9 Å². The number of hydrogen-bond acceptors (Lipinski definition) is 1. The van der Waals surface area contributed by atoms with Gasteiger partial charge in [-0.15, -0.1) is 0 Å². The molecule has 0 fully saturated rings. The summed E-state index contributed by atoms with van der Waals surface area (Å²) in [6.45, 7) is 4.05. The highest BCUT2D eigenvalue weighted by Gasteiger charge is 2.10. The van der Waals surface area contributed by atoms with E-state index in [0.717, 1.165) is 33.9 Å². The summed E-state index contributed by atoms with van der Waals surface area (Å²) >= 11 is 0. The van der Waals surface area contributed by atoms with Gasteiger partial charge in [0.2, 0.25) is 0 Å². The number of aryl methyl sites for hydroxylation is 2. The molecular weight excluding hydrogens is 263 g/mol. The van der Waals surface area contributed by atoms with Crippen LogP contribution < -0.4 is 5.73 Å². The van der Waals surface area contributed by atoms with Crippen LogP contribution in [-0.4, -0.2) is 4.57 Å². The topological polar surface area (TPSA) is 30.9 Å². The first kappa shape index (κ1) is 13.4. The number of nitrogen functional groups attached to an aromatic ring is 1. The molecule has 2 N–H and O–H groups in total. The first-order valence-electron chi connectivity index (χ1n) is 6.87. The molecule has 0 saturated carbocycles. The Bertz CT molecular complexity index is 785. The molecule has 2 nitrogen and oxygen atoms in total. The summed E-state index contributed by atoms with van der Waals surface area (Å²) < 4.78 is 15.3. The van der Waals surface area contributed by atoms with E-state index in [1.54, 1.807) is 12.1 Å². The molecule has 0 aliphatic heterocycles. The lowest BCUT2D eigenvalue weighted by Crippen LogP contribution is -2.00. The Labute approximate surface area is 123 Å². The van der Waals surface area contributed by atoms with Gasteiger partial charge in [0.05, 0.1) is 5.69 Å². The lowest BCUT2D eigenvalue weighted by atomic mass is 10.1. The summed E-state index contributed by atoms with van der Waals surface area (Å²) in [6, 6.07) is 16.6. The first-order chi connectivity index (χ1) is 10.1. The molecule has 2 aromatic carbocycles. The molecule has 106 valence electrons. The van der Waals surface area contributed by atoms with E-state index in [1.807, 2.05) is 25.1 Å². The van der Waals surface area contributed by atoms with Crippen LogP contribution in [0.5, 0.6) is 0 Å². The van der Waals surface area contributed by atoms with Gasteiger partial charge in [-0.2, -0.15) is 0 Å². The number of benzene rings is 2. The van der Waals surface area contributed by atoms with Gasteiger partial charge in [0, 0.05) is 17.1 Å². The second-order valence-electron chi connectivity index (χ2n) is 5.24. The smallest absolute Gasteiger partial charge is 0.123 e. The van der Waals surface area contributed by atoms with Gasteiger partial charge in [-0.3, -0.25) is 0 Å². The van der Waals surface area contributed by atoms with Crippen molar-refractivity contribution in [1.29, 1.82) is 0 Å². The third-order valence-corrected chi connectivity index (χ3v) is 3.73. The molecule has 1 heterocycles. The molecule has 0 spiro atoms. The molecule has 0 radical (unpaired) electrons. The highest BCUT2D eigenvalue weighted by Crippen LogP contribution is 2.28. The van der Waals surface area contributed by atoms with Crippen LogP contribution in [0.3, 0.4) is 0 Å². The maximum atomic E-state index is 13.1. The van der Waals surface area contributed by atoms with Crippen molar-refractivity contribution in [1.82, 2.24) is 4.57 Å². The first-order valence-corrected chi connectivity index (χ1v) is 6.87. The third-order valence-electron chi connectivity index (χ3n) is 3.73. The van der Waals surface area contributed by atoms with E-state index in [2.05, 4.69) is 23.6 Å². The van der Waals surface area contributed by atoms with Crippen LogP contribution in [0.15, 0.2) is 54.6 Å². The van der Waals surface area contributed by atoms with Crippen LogP contribution in [0.1, 0.15) is 11.3 Å². The van der Waals surface area contributed by atoms with Crippen molar-refractivity contribution in [3.63, 3.8) is 0 Å². The Morgan fingerprint density at radius 3 is 2.29 bits per heavy atom. The lowest BCUT2D eigenvalue weighted by molar-refractivity contribution is 0.628. The van der Waals surface area contributed by atoms with Gasteiger partial charge in [-0.1, -0.05) is 0 Å². The van der Waals surface area contributed by atoms with Gasteiger partial charge in [0.25, 0.3) is 0 Å². The monoisotopic (exact) mass is 280 g/mol. The molecule has 0 saturated heterocycles. The van der Waals surface area contributed by atoms with Gasteiger partial charge in [0.15, 0.2) is 0 Å². The summed E-state index contributed by atoms with van der Waals surface area (Å²) in [7, 11) is 0. The van der Waals surface area contributed by atoms with Crippen molar-refractivity contribution >= 4 is 5.69 Å². The van der Waals surface area contributed by atoms with E-state index in [1.165, 1.54) is 12.1 Å². The highest BCUT2D eigenvalue weighted by molar-refractivity contribution is 5.65. The number of rotatable bonds is 2. The molecular formula is C18H17FN2. The van der Waals surface area contributed by atoms with Crippen molar-refractivity contribution in [3.05, 3.63) is 71.7 Å². The lowest BCUT2D eigenvalue weighted by Gasteiger charge is -2.13. The molecule has 0 aliphatic rings. The molecule has 0 unspecified atom stereocenters. The SMILES string of the molecule is Cc1cc(-n2c(C)ccc2-c2ccc(F)cc2)ccc1N. The van der Waals surface area contributed by atoms with Gasteiger partial charge >= 0.3 is 0 Å². The zero-order valence-corrected chi connectivity index (χ0v) is 12.1. The Hall–Kier alpha value is -2.55. The zero-order chi connectivity index (χ0) is 15.0. The van der Waals surface area contributed by atoms with Crippen LogP contribution in [0, 0.1) is 19.7 Å². The molecule has 3 aromatic rings. The summed E-state index contributed by atoms with van der Waals surface area (Å²) in [5.41, 5.74) is 11.9. The molecule has 3 rings (SSSR count). The number of halogens is 1. The van der Waals surface area contributed by atoms with Crippen molar-refractivity contribution < 1.29 is 4.39 Å². The van der Waals surface area contributed by atoms with Crippen molar-refractivity contribution in [2.45, 2.75) is 13.8 Å². The summed E-state index contributed by atoms with van der Waals surface area (Å²) in [5, 5.41) is 0. The molecule has 0 amide bonds. The molecule has 0 aliphatic carbocycles. The normalized spacial score (nSPS) is 10.8. The molecule has 3 heteroatoms. The Kier molecular flexibility index (Phi) is 3.26. The van der Waals surface area contributed by atoms with Gasteiger partial charge in [0.1, 0.15) is 5.82 Å². The maximum Gasteiger partial charge on any atom is 0.123 e. The van der Waals surface area contributed by atoms with E-state index >= 15 is 0 Å². The predicted octanol–water partition coefficient (Wildman–Crippen LogP) is 4.48. The van der Waals surface area contributed by atoms with E-state index in [4.69, 9.17) is 5.73 Å². The van der Waals surface area contributed by atoms with E-state index in [9.17, 15) is 4.39 Å². The minimum absolute atomic E-state index is 0.225. The Morgan fingerprint density at radius 1 is 0.905 bits per heavy atom. The van der Waals surface area contributed by atoms with E-state index in [0.29, 0.717) is 0 Å². The van der Waals surface area contributed by atoms with Crippen LogP contribution >= 0.6 is 0 Å². The fourth-order valence-electron chi connectivity index (χ4n) is 2.53. The minimum Gasteiger partial charge on any atom is -0.399 e. The largest absolute Gasteiger partial charge is 0.399 e. The second-order valence-corrected chi connectivity index (χ2v) is 5.24. The molecule has 0 bridgehead atoms. The summed E-state index contributed by atoms with van der Waals surface area (Å²) in [6.07, 6.45) is 0. The van der Waals surface area contributed by atoms with Crippen molar-refractivity contribution in [3.8, 4) is 16.9 Å². The number of anilines is 1. The van der Waals surface area contributed by atoms with Gasteiger partial charge < -0.3 is 10.3 Å². The van der Waals surface area contributed by atoms with Crippen molar-refractivity contribution in [2.75, 3.05) is 5.73 Å². The van der Waals surface area contributed by atoms with Crippen LogP contribution in [-0.2, 0) is 0 Å². The van der Waals surface area contributed by atoms with Crippen LogP contribution in [0.4, 0.5) is 10.1 Å². The maximum absolute atomic E-state index is 13.1.